The first-order valence-corrected chi connectivity index (χ1v) is 10.8. The van der Waals surface area contributed by atoms with Gasteiger partial charge in [0.2, 0.25) is 9.84 Å². The van der Waals surface area contributed by atoms with Gasteiger partial charge < -0.3 is 0 Å². The average molecular weight is 383 g/mol. The predicted octanol–water partition coefficient (Wildman–Crippen LogP) is 6.15. The minimum Gasteiger partial charge on any atom is -0.218 e. The van der Waals surface area contributed by atoms with Crippen LogP contribution in [-0.2, 0) is 22.7 Å². The van der Waals surface area contributed by atoms with Gasteiger partial charge in [0.1, 0.15) is 0 Å². The number of aryl methyl sites for hydroxylation is 2. The number of allylic oxidation sites excluding steroid dienone is 4. The summed E-state index contributed by atoms with van der Waals surface area (Å²) in [5, 5.41) is 0. The van der Waals surface area contributed by atoms with Crippen molar-refractivity contribution in [2.24, 2.45) is 0 Å². The molecule has 0 aromatic heterocycles. The zero-order chi connectivity index (χ0) is 20.2. The monoisotopic (exact) mass is 382 g/mol. The second-order valence-corrected chi connectivity index (χ2v) is 9.58. The molecule has 2 aromatic rings. The first kappa shape index (κ1) is 21.2. The molecule has 144 valence electrons. The van der Waals surface area contributed by atoms with Gasteiger partial charge in [0, 0.05) is 0 Å². The molecule has 0 unspecified atom stereocenters. The van der Waals surface area contributed by atoms with Gasteiger partial charge in [-0.05, 0) is 77.6 Å². The quantitative estimate of drug-likeness (QED) is 0.561. The van der Waals surface area contributed by atoms with Crippen LogP contribution in [-0.4, -0.2) is 8.42 Å². The standard InChI is InChI=1S/C24H30O2S/c1-17(2)7-11-21-15-19(5)9-13-23(21)27(25,26)24-14-10-20(6)16-22(24)12-8-18(3)4/h7-10,13-16H,11-12H2,1-6H3. The molecule has 0 spiro atoms. The Morgan fingerprint density at radius 2 is 1.11 bits per heavy atom. The number of hydrogen-bond acceptors (Lipinski definition) is 2. The van der Waals surface area contributed by atoms with Crippen molar-refractivity contribution in [3.63, 3.8) is 0 Å². The molecule has 0 heterocycles. The third-order valence-electron chi connectivity index (χ3n) is 4.47. The molecule has 2 rings (SSSR count). The Kier molecular flexibility index (Phi) is 6.83. The van der Waals surface area contributed by atoms with Crippen LogP contribution >= 0.6 is 0 Å². The van der Waals surface area contributed by atoms with Crippen molar-refractivity contribution in [3.05, 3.63) is 82.0 Å². The molecule has 0 aliphatic rings. The fourth-order valence-corrected chi connectivity index (χ4v) is 4.71. The number of hydrogen-bond donors (Lipinski definition) is 0. The van der Waals surface area contributed by atoms with Crippen LogP contribution in [0.25, 0.3) is 0 Å². The third-order valence-corrected chi connectivity index (χ3v) is 6.43. The largest absolute Gasteiger partial charge is 0.218 e. The highest BCUT2D eigenvalue weighted by atomic mass is 32.2. The van der Waals surface area contributed by atoms with Crippen LogP contribution in [0.3, 0.4) is 0 Å². The van der Waals surface area contributed by atoms with Crippen molar-refractivity contribution in [2.75, 3.05) is 0 Å². The molecule has 0 aliphatic heterocycles. The van der Waals surface area contributed by atoms with Crippen LogP contribution in [0.5, 0.6) is 0 Å². The first-order chi connectivity index (χ1) is 12.6. The van der Waals surface area contributed by atoms with Crippen LogP contribution in [0, 0.1) is 13.8 Å². The van der Waals surface area contributed by atoms with Gasteiger partial charge >= 0.3 is 0 Å². The van der Waals surface area contributed by atoms with Crippen LogP contribution in [0.4, 0.5) is 0 Å². The lowest BCUT2D eigenvalue weighted by Crippen LogP contribution is -2.09. The topological polar surface area (TPSA) is 34.1 Å². The Bertz CT molecular complexity index is 910. The molecule has 0 N–H and O–H groups in total. The van der Waals surface area contributed by atoms with E-state index in [4.69, 9.17) is 0 Å². The Morgan fingerprint density at radius 1 is 0.741 bits per heavy atom. The maximum atomic E-state index is 13.5. The first-order valence-electron chi connectivity index (χ1n) is 9.32. The van der Waals surface area contributed by atoms with E-state index >= 15 is 0 Å². The number of rotatable bonds is 6. The summed E-state index contributed by atoms with van der Waals surface area (Å²) < 4.78 is 27.1. The van der Waals surface area contributed by atoms with Gasteiger partial charge in [-0.1, -0.05) is 58.7 Å². The fraction of sp³-hybridized carbons (Fsp3) is 0.333. The smallest absolute Gasteiger partial charge is 0.207 e. The van der Waals surface area contributed by atoms with Gasteiger partial charge in [-0.3, -0.25) is 0 Å². The number of benzene rings is 2. The summed E-state index contributed by atoms with van der Waals surface area (Å²) in [6.07, 6.45) is 5.39. The van der Waals surface area contributed by atoms with Crippen LogP contribution in [0.15, 0.2) is 69.5 Å². The summed E-state index contributed by atoms with van der Waals surface area (Å²) in [7, 11) is -3.59. The lowest BCUT2D eigenvalue weighted by Gasteiger charge is -2.14. The van der Waals surface area contributed by atoms with E-state index in [0.717, 1.165) is 22.3 Å². The molecule has 27 heavy (non-hydrogen) atoms. The van der Waals surface area contributed by atoms with Crippen molar-refractivity contribution >= 4 is 9.84 Å². The minimum absolute atomic E-state index is 0.410. The molecule has 0 saturated carbocycles. The van der Waals surface area contributed by atoms with E-state index in [1.807, 2.05) is 65.8 Å². The molecule has 0 radical (unpaired) electrons. The van der Waals surface area contributed by atoms with E-state index in [2.05, 4.69) is 12.2 Å². The molecule has 0 atom stereocenters. The molecule has 2 nitrogen and oxygen atoms in total. The highest BCUT2D eigenvalue weighted by Crippen LogP contribution is 2.29. The van der Waals surface area contributed by atoms with E-state index in [9.17, 15) is 8.42 Å². The summed E-state index contributed by atoms with van der Waals surface area (Å²) in [5.41, 5.74) is 6.20. The molecular formula is C24H30O2S. The van der Waals surface area contributed by atoms with Crippen molar-refractivity contribution in [2.45, 2.75) is 64.2 Å². The molecule has 0 fully saturated rings. The van der Waals surface area contributed by atoms with Crippen LogP contribution in [0.1, 0.15) is 49.9 Å². The average Bonchev–Trinajstić information content (AvgIpc) is 2.57. The highest BCUT2D eigenvalue weighted by molar-refractivity contribution is 7.91. The summed E-state index contributed by atoms with van der Waals surface area (Å²) >= 11 is 0. The third kappa shape index (κ3) is 5.43. The van der Waals surface area contributed by atoms with E-state index in [0.29, 0.717) is 22.6 Å². The molecule has 0 aliphatic carbocycles. The molecule has 3 heteroatoms. The van der Waals surface area contributed by atoms with Gasteiger partial charge in [-0.2, -0.15) is 0 Å². The number of sulfone groups is 1. The van der Waals surface area contributed by atoms with E-state index in [-0.39, 0.29) is 0 Å². The zero-order valence-electron chi connectivity index (χ0n) is 17.3. The van der Waals surface area contributed by atoms with Crippen molar-refractivity contribution in [3.8, 4) is 0 Å². The SMILES string of the molecule is CC(C)=CCc1cc(C)ccc1S(=O)(=O)c1ccc(C)cc1CC=C(C)C. The summed E-state index contributed by atoms with van der Waals surface area (Å²) in [6.45, 7) is 12.1. The van der Waals surface area contributed by atoms with Crippen molar-refractivity contribution < 1.29 is 8.42 Å². The zero-order valence-corrected chi connectivity index (χ0v) is 18.1. The maximum Gasteiger partial charge on any atom is 0.207 e. The molecule has 0 amide bonds. The summed E-state index contributed by atoms with van der Waals surface area (Å²) in [4.78, 5) is 0.820. The van der Waals surface area contributed by atoms with Gasteiger partial charge in [0.25, 0.3) is 0 Å². The Hall–Kier alpha value is -2.13. The van der Waals surface area contributed by atoms with E-state index in [1.54, 1.807) is 12.1 Å². The summed E-state index contributed by atoms with van der Waals surface area (Å²) in [5.74, 6) is 0. The molecule has 2 aromatic carbocycles. The van der Waals surface area contributed by atoms with Crippen LogP contribution in [0.2, 0.25) is 0 Å². The Balaban J connectivity index is 2.63. The lowest BCUT2D eigenvalue weighted by molar-refractivity contribution is 0.594. The Labute approximate surface area is 164 Å². The molecule has 0 saturated heterocycles. The van der Waals surface area contributed by atoms with Gasteiger partial charge in [-0.15, -0.1) is 0 Å². The van der Waals surface area contributed by atoms with E-state index in [1.165, 1.54) is 11.1 Å². The van der Waals surface area contributed by atoms with Gasteiger partial charge in [0.15, 0.2) is 0 Å². The maximum absolute atomic E-state index is 13.5. The van der Waals surface area contributed by atoms with Gasteiger partial charge in [0.05, 0.1) is 9.79 Å². The second-order valence-electron chi connectivity index (χ2n) is 7.70. The van der Waals surface area contributed by atoms with Gasteiger partial charge in [-0.25, -0.2) is 8.42 Å². The normalized spacial score (nSPS) is 11.2. The second kappa shape index (κ2) is 8.71. The fourth-order valence-electron chi connectivity index (χ4n) is 3.01. The lowest BCUT2D eigenvalue weighted by atomic mass is 10.1. The van der Waals surface area contributed by atoms with Crippen molar-refractivity contribution in [1.82, 2.24) is 0 Å². The Morgan fingerprint density at radius 3 is 1.44 bits per heavy atom. The van der Waals surface area contributed by atoms with Crippen molar-refractivity contribution in [1.29, 1.82) is 0 Å². The molecular weight excluding hydrogens is 352 g/mol. The predicted molar refractivity (Wildman–Crippen MR) is 114 cm³/mol. The minimum atomic E-state index is -3.59. The van der Waals surface area contributed by atoms with E-state index < -0.39 is 9.84 Å². The molecule has 0 bridgehead atoms. The summed E-state index contributed by atoms with van der Waals surface area (Å²) in [6, 6.07) is 11.2. The highest BCUT2D eigenvalue weighted by Gasteiger charge is 2.23. The van der Waals surface area contributed by atoms with Crippen LogP contribution < -0.4 is 0 Å².